The van der Waals surface area contributed by atoms with Gasteiger partial charge in [0.05, 0.1) is 16.9 Å². The highest BCUT2D eigenvalue weighted by Crippen LogP contribution is 2.36. The normalized spacial score (nSPS) is 13.5. The summed E-state index contributed by atoms with van der Waals surface area (Å²) in [6, 6.07) is 6.40. The van der Waals surface area contributed by atoms with Gasteiger partial charge in [0.15, 0.2) is 0 Å². The van der Waals surface area contributed by atoms with E-state index in [4.69, 9.17) is 11.6 Å². The van der Waals surface area contributed by atoms with Crippen molar-refractivity contribution in [1.82, 2.24) is 9.78 Å². The monoisotopic (exact) mass is 218 g/mol. The van der Waals surface area contributed by atoms with Crippen LogP contribution in [0.2, 0.25) is 5.02 Å². The summed E-state index contributed by atoms with van der Waals surface area (Å²) in [6.07, 6.45) is 2.78. The van der Waals surface area contributed by atoms with Crippen LogP contribution in [0.15, 0.2) is 24.4 Å². The number of benzene rings is 1. The molecule has 0 aliphatic carbocycles. The molecule has 1 aromatic carbocycles. The second kappa shape index (κ2) is 3.11. The van der Waals surface area contributed by atoms with Crippen molar-refractivity contribution in [2.75, 3.05) is 0 Å². The molecule has 1 aromatic heterocycles. The third-order valence-electron chi connectivity index (χ3n) is 2.98. The zero-order chi connectivity index (χ0) is 10.4. The van der Waals surface area contributed by atoms with Crippen LogP contribution in [0.3, 0.4) is 0 Å². The summed E-state index contributed by atoms with van der Waals surface area (Å²) in [6.45, 7) is 3.05. The van der Waals surface area contributed by atoms with Gasteiger partial charge in [-0.25, -0.2) is 0 Å². The Hall–Kier alpha value is -1.28. The summed E-state index contributed by atoms with van der Waals surface area (Å²) in [5.74, 6) is 0. The number of halogens is 1. The summed E-state index contributed by atoms with van der Waals surface area (Å²) < 4.78 is 2.00. The van der Waals surface area contributed by atoms with E-state index in [1.165, 1.54) is 16.7 Å². The molecule has 0 atom stereocenters. The van der Waals surface area contributed by atoms with Crippen molar-refractivity contribution in [1.29, 1.82) is 0 Å². The van der Waals surface area contributed by atoms with Crippen molar-refractivity contribution in [3.63, 3.8) is 0 Å². The molecule has 3 rings (SSSR count). The number of hydrogen-bond acceptors (Lipinski definition) is 1. The Kier molecular flexibility index (Phi) is 1.86. The lowest BCUT2D eigenvalue weighted by atomic mass is 9.94. The lowest BCUT2D eigenvalue weighted by Crippen LogP contribution is -2.12. The fourth-order valence-corrected chi connectivity index (χ4v) is 2.52. The SMILES string of the molecule is Cc1cccc2c1-c1c(Cl)cnn1CC2. The first kappa shape index (κ1) is 8.98. The average molecular weight is 219 g/mol. The van der Waals surface area contributed by atoms with E-state index in [-0.39, 0.29) is 0 Å². The Labute approximate surface area is 93.5 Å². The van der Waals surface area contributed by atoms with Gasteiger partial charge in [-0.1, -0.05) is 29.8 Å². The molecule has 0 bridgehead atoms. The maximum atomic E-state index is 6.17. The number of aryl methyl sites for hydroxylation is 3. The van der Waals surface area contributed by atoms with Gasteiger partial charge in [0.2, 0.25) is 0 Å². The molecule has 2 nitrogen and oxygen atoms in total. The second-order valence-corrected chi connectivity index (χ2v) is 4.33. The molecule has 2 heterocycles. The molecule has 0 saturated carbocycles. The Morgan fingerprint density at radius 3 is 3.13 bits per heavy atom. The standard InChI is InChI=1S/C12H11ClN2/c1-8-3-2-4-9-5-6-15-12(11(8)9)10(13)7-14-15/h2-4,7H,5-6H2,1H3. The van der Waals surface area contributed by atoms with Crippen molar-refractivity contribution in [3.8, 4) is 11.3 Å². The first-order valence-corrected chi connectivity index (χ1v) is 5.45. The lowest BCUT2D eigenvalue weighted by molar-refractivity contribution is 0.606. The van der Waals surface area contributed by atoms with E-state index in [0.29, 0.717) is 0 Å². The van der Waals surface area contributed by atoms with Gasteiger partial charge < -0.3 is 0 Å². The number of aromatic nitrogens is 2. The molecule has 0 fully saturated rings. The van der Waals surface area contributed by atoms with E-state index in [0.717, 1.165) is 23.7 Å². The maximum Gasteiger partial charge on any atom is 0.0874 e. The number of nitrogens with zero attached hydrogens (tertiary/aromatic N) is 2. The van der Waals surface area contributed by atoms with Crippen LogP contribution >= 0.6 is 11.6 Å². The Bertz CT molecular complexity index is 528. The predicted octanol–water partition coefficient (Wildman–Crippen LogP) is 3.07. The molecule has 0 unspecified atom stereocenters. The highest BCUT2D eigenvalue weighted by atomic mass is 35.5. The van der Waals surface area contributed by atoms with Gasteiger partial charge in [-0.05, 0) is 24.5 Å². The summed E-state index contributed by atoms with van der Waals surface area (Å²) in [5, 5.41) is 5.04. The van der Waals surface area contributed by atoms with Gasteiger partial charge in [-0.3, -0.25) is 4.68 Å². The molecule has 1 aliphatic rings. The predicted molar refractivity (Wildman–Crippen MR) is 61.1 cm³/mol. The molecule has 0 radical (unpaired) electrons. The number of rotatable bonds is 0. The van der Waals surface area contributed by atoms with Crippen LogP contribution in [0.1, 0.15) is 11.1 Å². The highest BCUT2D eigenvalue weighted by Gasteiger charge is 2.20. The summed E-state index contributed by atoms with van der Waals surface area (Å²) >= 11 is 6.17. The summed E-state index contributed by atoms with van der Waals surface area (Å²) in [4.78, 5) is 0. The first-order chi connectivity index (χ1) is 7.27. The number of fused-ring (bicyclic) bond motifs is 3. The lowest BCUT2D eigenvalue weighted by Gasteiger charge is -2.20. The minimum absolute atomic E-state index is 0.755. The van der Waals surface area contributed by atoms with Crippen molar-refractivity contribution in [3.05, 3.63) is 40.5 Å². The molecule has 2 aromatic rings. The molecule has 0 amide bonds. The van der Waals surface area contributed by atoms with E-state index in [2.05, 4.69) is 30.2 Å². The van der Waals surface area contributed by atoms with E-state index in [1.807, 2.05) is 4.68 Å². The Morgan fingerprint density at radius 2 is 2.27 bits per heavy atom. The maximum absolute atomic E-state index is 6.17. The van der Waals surface area contributed by atoms with E-state index >= 15 is 0 Å². The quantitative estimate of drug-likeness (QED) is 0.665. The van der Waals surface area contributed by atoms with Crippen LogP contribution in [0.25, 0.3) is 11.3 Å². The average Bonchev–Trinajstić information content (AvgIpc) is 2.61. The minimum atomic E-state index is 0.755. The fraction of sp³-hybridized carbons (Fsp3) is 0.250. The van der Waals surface area contributed by atoms with Crippen molar-refractivity contribution in [2.45, 2.75) is 19.9 Å². The van der Waals surface area contributed by atoms with Crippen LogP contribution < -0.4 is 0 Å². The smallest absolute Gasteiger partial charge is 0.0874 e. The second-order valence-electron chi connectivity index (χ2n) is 3.92. The van der Waals surface area contributed by atoms with E-state index < -0.39 is 0 Å². The highest BCUT2D eigenvalue weighted by molar-refractivity contribution is 6.33. The third kappa shape index (κ3) is 1.21. The number of hydrogen-bond donors (Lipinski definition) is 0. The van der Waals surface area contributed by atoms with Crippen molar-refractivity contribution >= 4 is 11.6 Å². The van der Waals surface area contributed by atoms with Gasteiger partial charge in [0, 0.05) is 12.1 Å². The van der Waals surface area contributed by atoms with Crippen LogP contribution in [-0.4, -0.2) is 9.78 Å². The molecule has 0 N–H and O–H groups in total. The van der Waals surface area contributed by atoms with Gasteiger partial charge in [0.1, 0.15) is 0 Å². The molecular formula is C12H11ClN2. The Morgan fingerprint density at radius 1 is 1.40 bits per heavy atom. The summed E-state index contributed by atoms with van der Waals surface area (Å²) in [5.41, 5.74) is 5.00. The van der Waals surface area contributed by atoms with E-state index in [1.54, 1.807) is 6.20 Å². The third-order valence-corrected chi connectivity index (χ3v) is 3.26. The van der Waals surface area contributed by atoms with Gasteiger partial charge >= 0.3 is 0 Å². The molecule has 0 spiro atoms. The molecule has 15 heavy (non-hydrogen) atoms. The van der Waals surface area contributed by atoms with Crippen LogP contribution in [0.4, 0.5) is 0 Å². The van der Waals surface area contributed by atoms with E-state index in [9.17, 15) is 0 Å². The molecular weight excluding hydrogens is 208 g/mol. The molecule has 76 valence electrons. The van der Waals surface area contributed by atoms with Gasteiger partial charge in [0.25, 0.3) is 0 Å². The molecule has 0 saturated heterocycles. The van der Waals surface area contributed by atoms with Gasteiger partial charge in [-0.2, -0.15) is 5.10 Å². The fourth-order valence-electron chi connectivity index (χ4n) is 2.28. The van der Waals surface area contributed by atoms with Gasteiger partial charge in [-0.15, -0.1) is 0 Å². The first-order valence-electron chi connectivity index (χ1n) is 5.07. The zero-order valence-corrected chi connectivity index (χ0v) is 9.25. The summed E-state index contributed by atoms with van der Waals surface area (Å²) in [7, 11) is 0. The topological polar surface area (TPSA) is 17.8 Å². The van der Waals surface area contributed by atoms with Crippen LogP contribution in [0, 0.1) is 6.92 Å². The molecule has 3 heteroatoms. The molecule has 1 aliphatic heterocycles. The van der Waals surface area contributed by atoms with Crippen LogP contribution in [0.5, 0.6) is 0 Å². The minimum Gasteiger partial charge on any atom is -0.263 e. The Balaban J connectivity index is 2.36. The zero-order valence-electron chi connectivity index (χ0n) is 8.50. The van der Waals surface area contributed by atoms with Crippen LogP contribution in [-0.2, 0) is 13.0 Å². The van der Waals surface area contributed by atoms with Crippen molar-refractivity contribution < 1.29 is 0 Å². The largest absolute Gasteiger partial charge is 0.263 e. The van der Waals surface area contributed by atoms with Crippen molar-refractivity contribution in [2.24, 2.45) is 0 Å².